The molecule has 19 heavy (non-hydrogen) atoms. The largest absolute Gasteiger partial charge is 0.417 e. The van der Waals surface area contributed by atoms with Crippen molar-refractivity contribution in [3.8, 4) is 11.3 Å². The summed E-state index contributed by atoms with van der Waals surface area (Å²) in [6.45, 7) is 1.83. The zero-order valence-electron chi connectivity index (χ0n) is 10.4. The van der Waals surface area contributed by atoms with Gasteiger partial charge in [-0.05, 0) is 25.1 Å². The van der Waals surface area contributed by atoms with Crippen molar-refractivity contribution >= 4 is 17.4 Å². The molecule has 1 aromatic carbocycles. The standard InChI is InChI=1S/C13H11N3O3/c1-7-14-12(10(6-17)16(7)2)8-3-4-11-9(5-8)15-13(18)19-11/h3-6H,1-2H3,(H,15,18). The van der Waals surface area contributed by atoms with Gasteiger partial charge in [0.25, 0.3) is 0 Å². The third-order valence-corrected chi connectivity index (χ3v) is 3.17. The fourth-order valence-corrected chi connectivity index (χ4v) is 2.07. The summed E-state index contributed by atoms with van der Waals surface area (Å²) in [6, 6.07) is 5.20. The van der Waals surface area contributed by atoms with E-state index in [1.807, 2.05) is 6.92 Å². The Labute approximate surface area is 107 Å². The van der Waals surface area contributed by atoms with Crippen molar-refractivity contribution in [3.05, 3.63) is 40.3 Å². The minimum absolute atomic E-state index is 0.481. The monoisotopic (exact) mass is 257 g/mol. The second-order valence-electron chi connectivity index (χ2n) is 4.30. The van der Waals surface area contributed by atoms with Crippen LogP contribution in [-0.2, 0) is 7.05 Å². The number of carbonyl (C=O) groups excluding carboxylic acids is 1. The van der Waals surface area contributed by atoms with Gasteiger partial charge in [-0.15, -0.1) is 0 Å². The highest BCUT2D eigenvalue weighted by Gasteiger charge is 2.14. The Kier molecular flexibility index (Phi) is 2.38. The highest BCUT2D eigenvalue weighted by Crippen LogP contribution is 2.25. The van der Waals surface area contributed by atoms with E-state index in [2.05, 4.69) is 9.97 Å². The zero-order chi connectivity index (χ0) is 13.6. The summed E-state index contributed by atoms with van der Waals surface area (Å²) in [5, 5.41) is 0. The van der Waals surface area contributed by atoms with Crippen molar-refractivity contribution in [1.29, 1.82) is 0 Å². The molecular weight excluding hydrogens is 246 g/mol. The van der Waals surface area contributed by atoms with E-state index in [9.17, 15) is 9.59 Å². The summed E-state index contributed by atoms with van der Waals surface area (Å²) in [7, 11) is 1.79. The maximum absolute atomic E-state index is 11.2. The molecule has 3 rings (SSSR count). The summed E-state index contributed by atoms with van der Waals surface area (Å²) < 4.78 is 6.66. The van der Waals surface area contributed by atoms with Crippen LogP contribution in [0.3, 0.4) is 0 Å². The first-order valence-electron chi connectivity index (χ1n) is 5.72. The number of oxazole rings is 1. The van der Waals surface area contributed by atoms with E-state index in [0.717, 1.165) is 17.7 Å². The fourth-order valence-electron chi connectivity index (χ4n) is 2.07. The predicted molar refractivity (Wildman–Crippen MR) is 69.2 cm³/mol. The molecule has 0 saturated carbocycles. The molecule has 1 N–H and O–H groups in total. The van der Waals surface area contributed by atoms with Gasteiger partial charge in [0.15, 0.2) is 11.9 Å². The summed E-state index contributed by atoms with van der Waals surface area (Å²) in [6.07, 6.45) is 0.775. The van der Waals surface area contributed by atoms with Crippen molar-refractivity contribution in [2.45, 2.75) is 6.92 Å². The Morgan fingerprint density at radius 3 is 2.95 bits per heavy atom. The van der Waals surface area contributed by atoms with Crippen LogP contribution in [0.15, 0.2) is 27.4 Å². The number of rotatable bonds is 2. The van der Waals surface area contributed by atoms with Gasteiger partial charge < -0.3 is 8.98 Å². The Bertz CT molecular complexity index is 839. The van der Waals surface area contributed by atoms with E-state index in [4.69, 9.17) is 4.42 Å². The van der Waals surface area contributed by atoms with Crippen LogP contribution < -0.4 is 5.76 Å². The fraction of sp³-hybridized carbons (Fsp3) is 0.154. The molecular formula is C13H11N3O3. The van der Waals surface area contributed by atoms with Gasteiger partial charge >= 0.3 is 5.76 Å². The number of aldehydes is 1. The Balaban J connectivity index is 2.26. The third kappa shape index (κ3) is 1.69. The highest BCUT2D eigenvalue weighted by molar-refractivity contribution is 5.87. The normalized spacial score (nSPS) is 11.1. The number of benzene rings is 1. The van der Waals surface area contributed by atoms with E-state index in [1.54, 1.807) is 29.8 Å². The molecule has 0 saturated heterocycles. The Hall–Kier alpha value is -2.63. The van der Waals surface area contributed by atoms with Crippen LogP contribution in [-0.4, -0.2) is 20.8 Å². The summed E-state index contributed by atoms with van der Waals surface area (Å²) >= 11 is 0. The molecule has 0 aliphatic rings. The lowest BCUT2D eigenvalue weighted by molar-refractivity contribution is 0.111. The lowest BCUT2D eigenvalue weighted by Crippen LogP contribution is -1.97. The van der Waals surface area contributed by atoms with E-state index >= 15 is 0 Å². The van der Waals surface area contributed by atoms with Gasteiger partial charge in [-0.3, -0.25) is 9.78 Å². The maximum atomic E-state index is 11.2. The molecule has 0 fully saturated rings. The predicted octanol–water partition coefficient (Wildman–Crippen LogP) is 1.64. The van der Waals surface area contributed by atoms with Gasteiger partial charge in [0, 0.05) is 12.6 Å². The number of hydrogen-bond acceptors (Lipinski definition) is 4. The minimum Gasteiger partial charge on any atom is -0.408 e. The molecule has 0 radical (unpaired) electrons. The van der Waals surface area contributed by atoms with Crippen LogP contribution in [0.2, 0.25) is 0 Å². The van der Waals surface area contributed by atoms with Gasteiger partial charge in [-0.2, -0.15) is 0 Å². The van der Waals surface area contributed by atoms with Crippen molar-refractivity contribution in [1.82, 2.24) is 14.5 Å². The van der Waals surface area contributed by atoms with Crippen LogP contribution in [0, 0.1) is 6.92 Å². The number of fused-ring (bicyclic) bond motifs is 1. The Morgan fingerprint density at radius 1 is 1.42 bits per heavy atom. The smallest absolute Gasteiger partial charge is 0.408 e. The van der Waals surface area contributed by atoms with Crippen molar-refractivity contribution in [3.63, 3.8) is 0 Å². The molecule has 0 unspecified atom stereocenters. The molecule has 2 aromatic heterocycles. The minimum atomic E-state index is -0.500. The average Bonchev–Trinajstić information content (AvgIpc) is 2.89. The van der Waals surface area contributed by atoms with Crippen molar-refractivity contribution in [2.24, 2.45) is 7.05 Å². The molecule has 2 heterocycles. The second-order valence-corrected chi connectivity index (χ2v) is 4.30. The second kappa shape index (κ2) is 3.94. The van der Waals surface area contributed by atoms with E-state index in [0.29, 0.717) is 22.5 Å². The third-order valence-electron chi connectivity index (χ3n) is 3.17. The van der Waals surface area contributed by atoms with Gasteiger partial charge in [0.05, 0.1) is 11.2 Å². The van der Waals surface area contributed by atoms with Crippen LogP contribution in [0.4, 0.5) is 0 Å². The number of aromatic nitrogens is 3. The topological polar surface area (TPSA) is 80.9 Å². The first kappa shape index (κ1) is 11.5. The summed E-state index contributed by atoms with van der Waals surface area (Å²) in [5.41, 5.74) is 2.92. The van der Waals surface area contributed by atoms with Crippen molar-refractivity contribution < 1.29 is 9.21 Å². The lowest BCUT2D eigenvalue weighted by Gasteiger charge is -1.99. The number of hydrogen-bond donors (Lipinski definition) is 1. The molecule has 0 aliphatic carbocycles. The molecule has 3 aromatic rings. The number of aryl methyl sites for hydroxylation is 1. The van der Waals surface area contributed by atoms with Crippen LogP contribution in [0.5, 0.6) is 0 Å². The SMILES string of the molecule is Cc1nc(-c2ccc3oc(=O)[nH]c3c2)c(C=O)n1C. The molecule has 96 valence electrons. The molecule has 0 bridgehead atoms. The quantitative estimate of drug-likeness (QED) is 0.708. The number of nitrogens with one attached hydrogen (secondary N) is 1. The number of nitrogens with zero attached hydrogens (tertiary/aromatic N) is 2. The van der Waals surface area contributed by atoms with Gasteiger partial charge in [0.1, 0.15) is 11.5 Å². The number of carbonyl (C=O) groups is 1. The first-order valence-corrected chi connectivity index (χ1v) is 5.72. The zero-order valence-corrected chi connectivity index (χ0v) is 10.4. The van der Waals surface area contributed by atoms with Crippen LogP contribution >= 0.6 is 0 Å². The summed E-state index contributed by atoms with van der Waals surface area (Å²) in [4.78, 5) is 29.2. The van der Waals surface area contributed by atoms with Crippen LogP contribution in [0.25, 0.3) is 22.4 Å². The van der Waals surface area contributed by atoms with E-state index in [-0.39, 0.29) is 0 Å². The van der Waals surface area contributed by atoms with Gasteiger partial charge in [-0.25, -0.2) is 9.78 Å². The average molecular weight is 257 g/mol. The van der Waals surface area contributed by atoms with Gasteiger partial charge in [0.2, 0.25) is 0 Å². The van der Waals surface area contributed by atoms with E-state index < -0.39 is 5.76 Å². The maximum Gasteiger partial charge on any atom is 0.417 e. The van der Waals surface area contributed by atoms with Crippen molar-refractivity contribution in [2.75, 3.05) is 0 Å². The van der Waals surface area contributed by atoms with Crippen LogP contribution in [0.1, 0.15) is 16.3 Å². The number of aromatic amines is 1. The molecule has 0 atom stereocenters. The first-order chi connectivity index (χ1) is 9.10. The highest BCUT2D eigenvalue weighted by atomic mass is 16.4. The Morgan fingerprint density at radius 2 is 2.21 bits per heavy atom. The molecule has 0 aliphatic heterocycles. The van der Waals surface area contributed by atoms with Gasteiger partial charge in [-0.1, -0.05) is 0 Å². The summed E-state index contributed by atoms with van der Waals surface area (Å²) in [5.74, 6) is 0.248. The molecule has 6 heteroatoms. The molecule has 0 spiro atoms. The number of imidazole rings is 1. The van der Waals surface area contributed by atoms with E-state index in [1.165, 1.54) is 0 Å². The number of H-pyrrole nitrogens is 1. The molecule has 6 nitrogen and oxygen atoms in total. The lowest BCUT2D eigenvalue weighted by atomic mass is 10.1. The molecule has 0 amide bonds.